The van der Waals surface area contributed by atoms with Gasteiger partial charge in [-0.2, -0.15) is 0 Å². The molecule has 0 amide bonds. The molecule has 7 nitrogen and oxygen atoms in total. The second-order valence-corrected chi connectivity index (χ2v) is 10.8. The monoisotopic (exact) mass is 436 g/mol. The zero-order valence-corrected chi connectivity index (χ0v) is 19.1. The molecule has 0 saturated carbocycles. The number of rotatable bonds is 7. The Labute approximate surface area is 180 Å². The third-order valence-corrected chi connectivity index (χ3v) is 7.00. The fraction of sp³-hybridized carbons (Fsp3) is 0.682. The van der Waals surface area contributed by atoms with Crippen molar-refractivity contribution in [3.05, 3.63) is 28.8 Å². The van der Waals surface area contributed by atoms with Gasteiger partial charge in [0.05, 0.1) is 12.3 Å². The molecule has 1 saturated heterocycles. The molecule has 1 aliphatic heterocycles. The minimum Gasteiger partial charge on any atom is -0.508 e. The maximum Gasteiger partial charge on any atom is 0.191 e. The number of benzene rings is 1. The first-order valence-corrected chi connectivity index (χ1v) is 13.2. The average Bonchev–Trinajstić information content (AvgIpc) is 2.72. The Hall–Kier alpha value is -1.80. The van der Waals surface area contributed by atoms with E-state index in [1.807, 2.05) is 13.0 Å². The Bertz CT molecular complexity index is 846. The lowest BCUT2D eigenvalue weighted by atomic mass is 9.88. The first-order valence-electron chi connectivity index (χ1n) is 11.1. The molecule has 0 aromatic heterocycles. The Morgan fingerprint density at radius 3 is 2.67 bits per heavy atom. The molecule has 30 heavy (non-hydrogen) atoms. The van der Waals surface area contributed by atoms with Crippen LogP contribution in [0, 0.1) is 0 Å². The van der Waals surface area contributed by atoms with Gasteiger partial charge in [-0.1, -0.05) is 6.07 Å². The summed E-state index contributed by atoms with van der Waals surface area (Å²) in [5.41, 5.74) is 3.59. The zero-order chi connectivity index (χ0) is 21.6. The van der Waals surface area contributed by atoms with E-state index >= 15 is 0 Å². The third kappa shape index (κ3) is 6.60. The second kappa shape index (κ2) is 10.5. The van der Waals surface area contributed by atoms with Crippen molar-refractivity contribution >= 4 is 15.8 Å². The van der Waals surface area contributed by atoms with E-state index in [9.17, 15) is 13.5 Å². The summed E-state index contributed by atoms with van der Waals surface area (Å²) in [6, 6.07) is 4.18. The van der Waals surface area contributed by atoms with Gasteiger partial charge in [0.25, 0.3) is 0 Å². The van der Waals surface area contributed by atoms with Gasteiger partial charge in [-0.15, -0.1) is 0 Å². The van der Waals surface area contributed by atoms with E-state index < -0.39 is 9.84 Å². The summed E-state index contributed by atoms with van der Waals surface area (Å²) >= 11 is 0. The van der Waals surface area contributed by atoms with Crippen LogP contribution in [-0.2, 0) is 29.2 Å². The van der Waals surface area contributed by atoms with Crippen LogP contribution in [0.25, 0.3) is 0 Å². The van der Waals surface area contributed by atoms with Crippen molar-refractivity contribution in [3.8, 4) is 5.75 Å². The van der Waals surface area contributed by atoms with Crippen molar-refractivity contribution in [2.75, 3.05) is 38.2 Å². The minimum absolute atomic E-state index is 0.222. The molecule has 0 atom stereocenters. The third-order valence-electron chi connectivity index (χ3n) is 6.07. The van der Waals surface area contributed by atoms with Crippen molar-refractivity contribution in [2.45, 2.75) is 58.0 Å². The zero-order valence-electron chi connectivity index (χ0n) is 18.3. The number of hydrogen-bond donors (Lipinski definition) is 3. The number of guanidine groups is 1. The number of nitrogens with zero attached hydrogens (tertiary/aromatic N) is 2. The number of phenolic OH excluding ortho intramolecular Hbond substituents is 1. The van der Waals surface area contributed by atoms with Crippen molar-refractivity contribution < 1.29 is 13.5 Å². The number of aryl methyl sites for hydroxylation is 1. The Morgan fingerprint density at radius 1 is 1.23 bits per heavy atom. The van der Waals surface area contributed by atoms with E-state index in [0.29, 0.717) is 24.9 Å². The summed E-state index contributed by atoms with van der Waals surface area (Å²) in [4.78, 5) is 7.00. The van der Waals surface area contributed by atoms with Crippen molar-refractivity contribution in [1.29, 1.82) is 0 Å². The first-order chi connectivity index (χ1) is 14.4. The lowest BCUT2D eigenvalue weighted by Crippen LogP contribution is -2.49. The number of fused-ring (bicyclic) bond motifs is 1. The van der Waals surface area contributed by atoms with Gasteiger partial charge in [0, 0.05) is 44.0 Å². The average molecular weight is 437 g/mol. The van der Waals surface area contributed by atoms with E-state index in [-0.39, 0.29) is 5.75 Å². The van der Waals surface area contributed by atoms with Gasteiger partial charge >= 0.3 is 0 Å². The number of piperidine rings is 1. The molecule has 0 spiro atoms. The number of sulfone groups is 1. The minimum atomic E-state index is -2.91. The van der Waals surface area contributed by atoms with Crippen molar-refractivity contribution in [2.24, 2.45) is 4.99 Å². The van der Waals surface area contributed by atoms with Crippen molar-refractivity contribution in [3.63, 3.8) is 0 Å². The molecule has 1 aliphatic carbocycles. The smallest absolute Gasteiger partial charge is 0.191 e. The molecule has 168 valence electrons. The fourth-order valence-electron chi connectivity index (χ4n) is 4.34. The molecular weight excluding hydrogens is 400 g/mol. The number of nitrogens with one attached hydrogen (secondary N) is 2. The van der Waals surface area contributed by atoms with Gasteiger partial charge in [-0.3, -0.25) is 0 Å². The molecule has 8 heteroatoms. The van der Waals surface area contributed by atoms with Crippen LogP contribution in [0.4, 0.5) is 0 Å². The standard InChI is InChI=1S/C22H36N4O3S/c1-3-23-22(25-18-10-12-26(13-11-18)14-15-30(2,28)29)24-16-20-19-7-5-4-6-17(19)8-9-21(20)27/h8-9,18,27H,3-7,10-16H2,1-2H3,(H2,23,24,25). The first kappa shape index (κ1) is 22.9. The lowest BCUT2D eigenvalue weighted by Gasteiger charge is -2.33. The molecule has 0 radical (unpaired) electrons. The normalized spacial score (nSPS) is 18.8. The van der Waals surface area contributed by atoms with Crippen LogP contribution in [0.1, 0.15) is 49.3 Å². The highest BCUT2D eigenvalue weighted by Gasteiger charge is 2.21. The predicted molar refractivity (Wildman–Crippen MR) is 122 cm³/mol. The Kier molecular flexibility index (Phi) is 7.99. The number of hydrogen-bond acceptors (Lipinski definition) is 5. The highest BCUT2D eigenvalue weighted by atomic mass is 32.2. The molecule has 3 N–H and O–H groups in total. The summed E-state index contributed by atoms with van der Waals surface area (Å²) in [6.07, 6.45) is 7.70. The second-order valence-electron chi connectivity index (χ2n) is 8.49. The SMILES string of the molecule is CCNC(=NCc1c(O)ccc2c1CCCC2)NC1CCN(CCS(C)(=O)=O)CC1. The molecule has 0 unspecified atom stereocenters. The molecule has 3 rings (SSSR count). The highest BCUT2D eigenvalue weighted by molar-refractivity contribution is 7.90. The maximum atomic E-state index is 11.4. The van der Waals surface area contributed by atoms with Gasteiger partial charge in [0.15, 0.2) is 5.96 Å². The predicted octanol–water partition coefficient (Wildman–Crippen LogP) is 1.84. The van der Waals surface area contributed by atoms with Crippen LogP contribution in [0.5, 0.6) is 5.75 Å². The van der Waals surface area contributed by atoms with Gasteiger partial charge in [-0.05, 0) is 62.6 Å². The van der Waals surface area contributed by atoms with E-state index in [2.05, 4.69) is 21.6 Å². The number of likely N-dealkylation sites (tertiary alicyclic amines) is 1. The van der Waals surface area contributed by atoms with Gasteiger partial charge in [0.2, 0.25) is 0 Å². The highest BCUT2D eigenvalue weighted by Crippen LogP contribution is 2.31. The Balaban J connectivity index is 1.59. The van der Waals surface area contributed by atoms with Gasteiger partial charge < -0.3 is 20.6 Å². The fourth-order valence-corrected chi connectivity index (χ4v) is 4.93. The van der Waals surface area contributed by atoms with Gasteiger partial charge in [0.1, 0.15) is 15.6 Å². The van der Waals surface area contributed by atoms with E-state index in [1.165, 1.54) is 30.2 Å². The topological polar surface area (TPSA) is 94.0 Å². The number of phenols is 1. The Morgan fingerprint density at radius 2 is 1.97 bits per heavy atom. The van der Waals surface area contributed by atoms with Crippen molar-refractivity contribution in [1.82, 2.24) is 15.5 Å². The summed E-state index contributed by atoms with van der Waals surface area (Å²) in [5.74, 6) is 1.34. The quantitative estimate of drug-likeness (QED) is 0.446. The summed E-state index contributed by atoms with van der Waals surface area (Å²) in [7, 11) is -2.91. The summed E-state index contributed by atoms with van der Waals surface area (Å²) in [6.45, 7) is 5.68. The number of aliphatic imine (C=N–C) groups is 1. The van der Waals surface area contributed by atoms with E-state index in [4.69, 9.17) is 4.99 Å². The lowest BCUT2D eigenvalue weighted by molar-refractivity contribution is 0.216. The molecule has 1 aromatic carbocycles. The van der Waals surface area contributed by atoms with Crippen LogP contribution in [-0.4, -0.2) is 68.6 Å². The van der Waals surface area contributed by atoms with Crippen LogP contribution >= 0.6 is 0 Å². The van der Waals surface area contributed by atoms with Gasteiger partial charge in [-0.25, -0.2) is 13.4 Å². The summed E-state index contributed by atoms with van der Waals surface area (Å²) in [5, 5.41) is 17.3. The molecule has 0 bridgehead atoms. The van der Waals surface area contributed by atoms with Crippen LogP contribution in [0.3, 0.4) is 0 Å². The van der Waals surface area contributed by atoms with Crippen LogP contribution in [0.2, 0.25) is 0 Å². The molecule has 2 aliphatic rings. The van der Waals surface area contributed by atoms with Crippen LogP contribution in [0.15, 0.2) is 17.1 Å². The molecule has 1 aromatic rings. The van der Waals surface area contributed by atoms with Crippen LogP contribution < -0.4 is 10.6 Å². The maximum absolute atomic E-state index is 11.4. The largest absolute Gasteiger partial charge is 0.508 e. The van der Waals surface area contributed by atoms with E-state index in [0.717, 1.165) is 56.8 Å². The molecular formula is C22H36N4O3S. The van der Waals surface area contributed by atoms with E-state index in [1.54, 1.807) is 0 Å². The molecule has 1 fully saturated rings. The number of aromatic hydroxyl groups is 1. The summed E-state index contributed by atoms with van der Waals surface area (Å²) < 4.78 is 22.8. The molecule has 1 heterocycles.